The topological polar surface area (TPSA) is 64.7 Å². The number of aromatic nitrogens is 1. The van der Waals surface area contributed by atoms with E-state index < -0.39 is 18.6 Å². The van der Waals surface area contributed by atoms with Gasteiger partial charge in [0.15, 0.2) is 12.1 Å². The van der Waals surface area contributed by atoms with Crippen LogP contribution in [-0.2, 0) is 0 Å². The number of ether oxygens (including phenoxy) is 2. The number of halogens is 2. The molecule has 0 bridgehead atoms. The Hall–Kier alpha value is -2.93. The van der Waals surface area contributed by atoms with Crippen molar-refractivity contribution in [2.75, 3.05) is 7.11 Å². The molecule has 1 N–H and O–H groups in total. The molecule has 26 heavy (non-hydrogen) atoms. The predicted molar refractivity (Wildman–Crippen MR) is 91.2 cm³/mol. The van der Waals surface area contributed by atoms with Crippen LogP contribution in [-0.4, -0.2) is 23.5 Å². The minimum atomic E-state index is -2.82. The van der Waals surface area contributed by atoms with Gasteiger partial charge in [0.2, 0.25) is 0 Å². The van der Waals surface area contributed by atoms with Gasteiger partial charge in [0.25, 0.3) is 5.89 Å². The zero-order chi connectivity index (χ0) is 18.7. The monoisotopic (exact) mass is 361 g/mol. The average Bonchev–Trinajstić information content (AvgIpc) is 3.07. The Balaban J connectivity index is 2.02. The summed E-state index contributed by atoms with van der Waals surface area (Å²) < 4.78 is 41.8. The summed E-state index contributed by atoms with van der Waals surface area (Å²) >= 11 is 0. The highest BCUT2D eigenvalue weighted by Gasteiger charge is 2.22. The molecule has 3 rings (SSSR count). The first kappa shape index (κ1) is 17.9. The molecule has 0 saturated carbocycles. The number of alkyl halides is 2. The van der Waals surface area contributed by atoms with Crippen molar-refractivity contribution >= 4 is 0 Å². The molecule has 2 aromatic carbocycles. The first-order chi connectivity index (χ1) is 12.5. The second kappa shape index (κ2) is 7.53. The van der Waals surface area contributed by atoms with Gasteiger partial charge in [-0.1, -0.05) is 0 Å². The van der Waals surface area contributed by atoms with Crippen LogP contribution in [0, 0.1) is 0 Å². The summed E-state index contributed by atoms with van der Waals surface area (Å²) in [6.07, 6.45) is -3.77. The minimum absolute atomic E-state index is 0.231. The molecule has 1 atom stereocenters. The Labute approximate surface area is 148 Å². The van der Waals surface area contributed by atoms with Gasteiger partial charge in [-0.25, -0.2) is 4.98 Å². The molecule has 0 amide bonds. The Morgan fingerprint density at radius 3 is 2.08 bits per heavy atom. The first-order valence-corrected chi connectivity index (χ1v) is 7.86. The summed E-state index contributed by atoms with van der Waals surface area (Å²) in [6, 6.07) is 13.4. The fourth-order valence-electron chi connectivity index (χ4n) is 2.45. The van der Waals surface area contributed by atoms with Gasteiger partial charge in [-0.15, -0.1) is 0 Å². The molecule has 7 heteroatoms. The third-order valence-electron chi connectivity index (χ3n) is 3.62. The normalized spacial score (nSPS) is 12.2. The summed E-state index contributed by atoms with van der Waals surface area (Å²) in [6.45, 7) is 1.49. The first-order valence-electron chi connectivity index (χ1n) is 7.86. The van der Waals surface area contributed by atoms with Gasteiger partial charge in [-0.05, 0) is 55.5 Å². The van der Waals surface area contributed by atoms with Crippen LogP contribution in [0.15, 0.2) is 52.9 Å². The maximum absolute atomic E-state index is 13.1. The van der Waals surface area contributed by atoms with Crippen molar-refractivity contribution in [2.24, 2.45) is 0 Å². The summed E-state index contributed by atoms with van der Waals surface area (Å²) in [7, 11) is 1.54. The van der Waals surface area contributed by atoms with Crippen molar-refractivity contribution in [1.29, 1.82) is 0 Å². The van der Waals surface area contributed by atoms with Gasteiger partial charge in [-0.2, -0.15) is 8.78 Å². The largest absolute Gasteiger partial charge is 0.497 e. The van der Waals surface area contributed by atoms with Crippen LogP contribution in [0.5, 0.6) is 11.5 Å². The lowest BCUT2D eigenvalue weighted by molar-refractivity contribution is -0.000286. The fraction of sp³-hybridized carbons (Fsp3) is 0.211. The van der Waals surface area contributed by atoms with Crippen LogP contribution in [0.1, 0.15) is 19.2 Å². The lowest BCUT2D eigenvalue weighted by atomic mass is 10.1. The van der Waals surface area contributed by atoms with Crippen molar-refractivity contribution in [3.05, 3.63) is 54.4 Å². The molecular weight excluding hydrogens is 344 g/mol. The van der Waals surface area contributed by atoms with E-state index in [0.717, 1.165) is 0 Å². The third kappa shape index (κ3) is 3.83. The number of oxazole rings is 1. The lowest BCUT2D eigenvalue weighted by Crippen LogP contribution is -2.09. The smallest absolute Gasteiger partial charge is 0.313 e. The van der Waals surface area contributed by atoms with E-state index in [9.17, 15) is 13.9 Å². The number of aliphatic hydroxyl groups excluding tert-OH is 1. The van der Waals surface area contributed by atoms with Crippen LogP contribution in [0.25, 0.3) is 22.6 Å². The number of benzene rings is 2. The zero-order valence-corrected chi connectivity index (χ0v) is 14.1. The molecule has 136 valence electrons. The van der Waals surface area contributed by atoms with E-state index in [4.69, 9.17) is 13.9 Å². The molecule has 5 nitrogen and oxygen atoms in total. The zero-order valence-electron chi connectivity index (χ0n) is 14.1. The quantitative estimate of drug-likeness (QED) is 0.646. The average molecular weight is 361 g/mol. The van der Waals surface area contributed by atoms with Crippen molar-refractivity contribution in [3.63, 3.8) is 0 Å². The number of hydrogen-bond donors (Lipinski definition) is 1. The molecule has 0 spiro atoms. The summed E-state index contributed by atoms with van der Waals surface area (Å²) in [5, 5.41) is 9.25. The number of nitrogens with zero attached hydrogens (tertiary/aromatic N) is 1. The van der Waals surface area contributed by atoms with Crippen LogP contribution in [0.3, 0.4) is 0 Å². The van der Waals surface area contributed by atoms with Crippen LogP contribution >= 0.6 is 0 Å². The maximum atomic E-state index is 13.1. The molecule has 0 aliphatic rings. The second-order valence-corrected chi connectivity index (χ2v) is 5.50. The highest BCUT2D eigenvalue weighted by atomic mass is 19.3. The fourth-order valence-corrected chi connectivity index (χ4v) is 2.45. The van der Waals surface area contributed by atoms with Gasteiger partial charge >= 0.3 is 6.43 Å². The van der Waals surface area contributed by atoms with Gasteiger partial charge in [0, 0.05) is 11.1 Å². The van der Waals surface area contributed by atoms with Gasteiger partial charge < -0.3 is 19.0 Å². The number of rotatable bonds is 6. The Morgan fingerprint density at radius 1 is 0.962 bits per heavy atom. The lowest BCUT2D eigenvalue weighted by Gasteiger charge is -2.09. The molecule has 0 fully saturated rings. The SMILES string of the molecule is COc1ccc(-c2nc(C(F)F)oc2-c2ccc(OC(C)O)cc2)cc1. The molecule has 0 radical (unpaired) electrons. The molecule has 0 saturated heterocycles. The second-order valence-electron chi connectivity index (χ2n) is 5.50. The van der Waals surface area contributed by atoms with E-state index in [1.165, 1.54) is 6.92 Å². The van der Waals surface area contributed by atoms with Crippen LogP contribution in [0.4, 0.5) is 8.78 Å². The summed E-state index contributed by atoms with van der Waals surface area (Å²) in [5.74, 6) is 0.681. The van der Waals surface area contributed by atoms with E-state index in [1.807, 2.05) is 0 Å². The Kier molecular flexibility index (Phi) is 5.18. The van der Waals surface area contributed by atoms with Gasteiger partial charge in [-0.3, -0.25) is 0 Å². The van der Waals surface area contributed by atoms with E-state index in [0.29, 0.717) is 28.3 Å². The molecule has 1 aromatic heterocycles. The van der Waals surface area contributed by atoms with E-state index in [2.05, 4.69) is 4.98 Å². The highest BCUT2D eigenvalue weighted by Crippen LogP contribution is 2.36. The maximum Gasteiger partial charge on any atom is 0.313 e. The van der Waals surface area contributed by atoms with Gasteiger partial charge in [0.1, 0.15) is 17.2 Å². The van der Waals surface area contributed by atoms with Crippen molar-refractivity contribution in [2.45, 2.75) is 19.6 Å². The van der Waals surface area contributed by atoms with Crippen LogP contribution < -0.4 is 9.47 Å². The number of methoxy groups -OCH3 is 1. The molecular formula is C19H17F2NO4. The summed E-state index contributed by atoms with van der Waals surface area (Å²) in [5.41, 5.74) is 1.50. The predicted octanol–water partition coefficient (Wildman–Crippen LogP) is 4.67. The van der Waals surface area contributed by atoms with Crippen molar-refractivity contribution < 1.29 is 27.8 Å². The minimum Gasteiger partial charge on any atom is -0.497 e. The molecule has 3 aromatic rings. The number of hydrogen-bond acceptors (Lipinski definition) is 5. The van der Waals surface area contributed by atoms with Crippen molar-refractivity contribution in [1.82, 2.24) is 4.98 Å². The Morgan fingerprint density at radius 2 is 1.54 bits per heavy atom. The third-order valence-corrected chi connectivity index (χ3v) is 3.62. The molecule has 0 aliphatic carbocycles. The van der Waals surface area contributed by atoms with Crippen LogP contribution in [0.2, 0.25) is 0 Å². The van der Waals surface area contributed by atoms with Crippen molar-refractivity contribution in [3.8, 4) is 34.1 Å². The molecule has 0 aliphatic heterocycles. The molecule has 1 unspecified atom stereocenters. The highest BCUT2D eigenvalue weighted by molar-refractivity contribution is 5.77. The van der Waals surface area contributed by atoms with E-state index in [1.54, 1.807) is 55.6 Å². The van der Waals surface area contributed by atoms with E-state index >= 15 is 0 Å². The molecule has 1 heterocycles. The summed E-state index contributed by atoms with van der Waals surface area (Å²) in [4.78, 5) is 3.95. The van der Waals surface area contributed by atoms with Gasteiger partial charge in [0.05, 0.1) is 7.11 Å². The Bertz CT molecular complexity index is 858. The standard InChI is InChI=1S/C19H17F2NO4/c1-11(23)25-15-9-5-13(6-10-15)17-16(22-19(26-17)18(20)21)12-3-7-14(24-2)8-4-12/h3-11,18,23H,1-2H3. The number of aliphatic hydroxyl groups is 1. The van der Waals surface area contributed by atoms with E-state index in [-0.39, 0.29) is 5.76 Å².